The lowest BCUT2D eigenvalue weighted by molar-refractivity contribution is 0.442. The summed E-state index contributed by atoms with van der Waals surface area (Å²) in [5, 5.41) is 3.38. The van der Waals surface area contributed by atoms with Gasteiger partial charge in [0, 0.05) is 12.1 Å². The number of rotatable bonds is 4. The van der Waals surface area contributed by atoms with Crippen LogP contribution in [0.5, 0.6) is 0 Å². The Labute approximate surface area is 114 Å². The van der Waals surface area contributed by atoms with E-state index in [1.165, 1.54) is 0 Å². The molecule has 0 unspecified atom stereocenters. The number of hydrogen-bond acceptors (Lipinski definition) is 3. The Morgan fingerprint density at radius 3 is 2.47 bits per heavy atom. The lowest BCUT2D eigenvalue weighted by Crippen LogP contribution is -2.22. The Kier molecular flexibility index (Phi) is 3.72. The average Bonchev–Trinajstić information content (AvgIpc) is 3.12. The number of hydrogen-bond donors (Lipinski definition) is 3. The van der Waals surface area contributed by atoms with Gasteiger partial charge >= 0.3 is 0 Å². The highest BCUT2D eigenvalue weighted by Crippen LogP contribution is 2.47. The average molecular weight is 265 g/mol. The number of anilines is 2. The molecule has 1 aliphatic carbocycles. The number of nitrogens with one attached hydrogen (secondary N) is 2. The highest BCUT2D eigenvalue weighted by molar-refractivity contribution is 5.75. The third-order valence-electron chi connectivity index (χ3n) is 3.42. The molecule has 4 N–H and O–H groups in total. The topological polar surface area (TPSA) is 50.1 Å². The molecule has 0 amide bonds. The molecule has 1 aromatic carbocycles. The molecule has 1 fully saturated rings. The van der Waals surface area contributed by atoms with Crippen molar-refractivity contribution in [2.24, 2.45) is 11.3 Å². The van der Waals surface area contributed by atoms with Crippen molar-refractivity contribution < 1.29 is 4.39 Å². The van der Waals surface area contributed by atoms with Crippen LogP contribution in [0.3, 0.4) is 0 Å². The second kappa shape index (κ2) is 5.00. The first-order valence-corrected chi connectivity index (χ1v) is 6.87. The monoisotopic (exact) mass is 265 g/mol. The Bertz CT molecular complexity index is 473. The first-order valence-electron chi connectivity index (χ1n) is 6.87. The van der Waals surface area contributed by atoms with Gasteiger partial charge in [-0.25, -0.2) is 4.39 Å². The van der Waals surface area contributed by atoms with Crippen LogP contribution in [-0.2, 0) is 0 Å². The van der Waals surface area contributed by atoms with Gasteiger partial charge in [-0.1, -0.05) is 20.8 Å². The highest BCUT2D eigenvalue weighted by Gasteiger charge is 2.31. The van der Waals surface area contributed by atoms with E-state index >= 15 is 0 Å². The van der Waals surface area contributed by atoms with Gasteiger partial charge in [0.15, 0.2) is 0 Å². The number of nitrogens with two attached hydrogens (primary N) is 1. The predicted octanol–water partition coefficient (Wildman–Crippen LogP) is 3.76. The minimum Gasteiger partial charge on any atom is -0.382 e. The zero-order chi connectivity index (χ0) is 14.2. The van der Waals surface area contributed by atoms with Crippen LogP contribution < -0.4 is 16.6 Å². The molecule has 1 aliphatic rings. The standard InChI is InChI=1S/C15H24FN3/c1-9-7-11(19-17)14(18-8-15(2,3)4)12(13(9)16)10-5-6-10/h7,10,18-19H,5-6,8,17H2,1-4H3. The molecule has 3 nitrogen and oxygen atoms in total. The number of benzene rings is 1. The summed E-state index contributed by atoms with van der Waals surface area (Å²) in [7, 11) is 0. The summed E-state index contributed by atoms with van der Waals surface area (Å²) in [6, 6.07) is 1.77. The molecule has 4 heteroatoms. The molecule has 1 saturated carbocycles. The van der Waals surface area contributed by atoms with Gasteiger partial charge in [0.1, 0.15) is 5.82 Å². The van der Waals surface area contributed by atoms with Crippen LogP contribution in [0.25, 0.3) is 0 Å². The summed E-state index contributed by atoms with van der Waals surface area (Å²) in [4.78, 5) is 0. The number of aryl methyl sites for hydroxylation is 1. The van der Waals surface area contributed by atoms with Crippen LogP contribution in [0.1, 0.15) is 50.7 Å². The summed E-state index contributed by atoms with van der Waals surface area (Å²) < 4.78 is 14.4. The smallest absolute Gasteiger partial charge is 0.131 e. The first-order chi connectivity index (χ1) is 8.83. The Balaban J connectivity index is 2.40. The van der Waals surface area contributed by atoms with Crippen molar-refractivity contribution in [3.05, 3.63) is 23.0 Å². The Morgan fingerprint density at radius 1 is 1.37 bits per heavy atom. The van der Waals surface area contributed by atoms with Crippen molar-refractivity contribution in [3.63, 3.8) is 0 Å². The number of nitrogen functional groups attached to an aromatic ring is 1. The van der Waals surface area contributed by atoms with Gasteiger partial charge in [-0.3, -0.25) is 5.84 Å². The van der Waals surface area contributed by atoms with Crippen molar-refractivity contribution in [3.8, 4) is 0 Å². The molecule has 1 aromatic rings. The summed E-state index contributed by atoms with van der Waals surface area (Å²) in [6.07, 6.45) is 2.13. The molecular formula is C15H24FN3. The zero-order valence-electron chi connectivity index (χ0n) is 12.2. The summed E-state index contributed by atoms with van der Waals surface area (Å²) in [6.45, 7) is 9.02. The van der Waals surface area contributed by atoms with E-state index in [9.17, 15) is 4.39 Å². The second-order valence-corrected chi connectivity index (χ2v) is 6.68. The Hall–Kier alpha value is -1.29. The van der Waals surface area contributed by atoms with Gasteiger partial charge in [-0.2, -0.15) is 0 Å². The van der Waals surface area contributed by atoms with E-state index in [0.29, 0.717) is 11.5 Å². The molecule has 0 aliphatic heterocycles. The lowest BCUT2D eigenvalue weighted by atomic mass is 9.95. The lowest BCUT2D eigenvalue weighted by Gasteiger charge is -2.24. The molecule has 106 valence electrons. The van der Waals surface area contributed by atoms with Gasteiger partial charge in [0.2, 0.25) is 0 Å². The van der Waals surface area contributed by atoms with Crippen LogP contribution in [0, 0.1) is 18.2 Å². The van der Waals surface area contributed by atoms with Crippen LogP contribution in [-0.4, -0.2) is 6.54 Å². The van der Waals surface area contributed by atoms with Crippen molar-refractivity contribution in [2.75, 3.05) is 17.3 Å². The normalized spacial score (nSPS) is 15.5. The predicted molar refractivity (Wildman–Crippen MR) is 78.9 cm³/mol. The van der Waals surface area contributed by atoms with E-state index in [1.54, 1.807) is 13.0 Å². The summed E-state index contributed by atoms with van der Waals surface area (Å²) in [5.41, 5.74) is 5.90. The summed E-state index contributed by atoms with van der Waals surface area (Å²) in [5.74, 6) is 5.84. The van der Waals surface area contributed by atoms with Crippen molar-refractivity contribution >= 4 is 11.4 Å². The van der Waals surface area contributed by atoms with Crippen molar-refractivity contribution in [2.45, 2.75) is 46.5 Å². The molecular weight excluding hydrogens is 241 g/mol. The fraction of sp³-hybridized carbons (Fsp3) is 0.600. The third-order valence-corrected chi connectivity index (χ3v) is 3.42. The fourth-order valence-electron chi connectivity index (χ4n) is 2.23. The van der Waals surface area contributed by atoms with Crippen LogP contribution in [0.15, 0.2) is 6.07 Å². The van der Waals surface area contributed by atoms with Crippen LogP contribution >= 0.6 is 0 Å². The highest BCUT2D eigenvalue weighted by atomic mass is 19.1. The van der Waals surface area contributed by atoms with E-state index in [0.717, 1.165) is 36.3 Å². The van der Waals surface area contributed by atoms with Crippen molar-refractivity contribution in [1.29, 1.82) is 0 Å². The molecule has 0 saturated heterocycles. The third kappa shape index (κ3) is 3.18. The van der Waals surface area contributed by atoms with Gasteiger partial charge in [-0.05, 0) is 42.7 Å². The fourth-order valence-corrected chi connectivity index (χ4v) is 2.23. The van der Waals surface area contributed by atoms with Crippen LogP contribution in [0.2, 0.25) is 0 Å². The number of hydrazine groups is 1. The molecule has 0 bridgehead atoms. The molecule has 0 atom stereocenters. The molecule has 0 radical (unpaired) electrons. The zero-order valence-corrected chi connectivity index (χ0v) is 12.2. The first kappa shape index (κ1) is 14.1. The van der Waals surface area contributed by atoms with Gasteiger partial charge in [0.25, 0.3) is 0 Å². The van der Waals surface area contributed by atoms with E-state index in [-0.39, 0.29) is 11.2 Å². The van der Waals surface area contributed by atoms with E-state index in [4.69, 9.17) is 5.84 Å². The minimum atomic E-state index is -0.0853. The second-order valence-electron chi connectivity index (χ2n) is 6.68. The van der Waals surface area contributed by atoms with E-state index in [1.807, 2.05) is 0 Å². The number of halogens is 1. The van der Waals surface area contributed by atoms with Gasteiger partial charge < -0.3 is 10.7 Å². The van der Waals surface area contributed by atoms with Crippen LogP contribution in [0.4, 0.5) is 15.8 Å². The maximum absolute atomic E-state index is 14.4. The van der Waals surface area contributed by atoms with Gasteiger partial charge in [0.05, 0.1) is 11.4 Å². The molecule has 0 heterocycles. The van der Waals surface area contributed by atoms with Gasteiger partial charge in [-0.15, -0.1) is 0 Å². The molecule has 19 heavy (non-hydrogen) atoms. The Morgan fingerprint density at radius 2 is 2.00 bits per heavy atom. The SMILES string of the molecule is Cc1cc(NN)c(NCC(C)(C)C)c(C2CC2)c1F. The van der Waals surface area contributed by atoms with Crippen molar-refractivity contribution in [1.82, 2.24) is 0 Å². The van der Waals surface area contributed by atoms with E-state index < -0.39 is 0 Å². The minimum absolute atomic E-state index is 0.0853. The van der Waals surface area contributed by atoms with E-state index in [2.05, 4.69) is 31.5 Å². The quantitative estimate of drug-likeness (QED) is 0.574. The molecule has 0 aromatic heterocycles. The molecule has 0 spiro atoms. The maximum Gasteiger partial charge on any atom is 0.131 e. The maximum atomic E-state index is 14.4. The largest absolute Gasteiger partial charge is 0.382 e. The summed E-state index contributed by atoms with van der Waals surface area (Å²) >= 11 is 0. The molecule has 2 rings (SSSR count).